The summed E-state index contributed by atoms with van der Waals surface area (Å²) in [4.78, 5) is 22.3. The smallest absolute Gasteiger partial charge is 0.160 e. The Hall–Kier alpha value is -2.22. The van der Waals surface area contributed by atoms with E-state index in [1.54, 1.807) is 25.1 Å². The molecule has 0 amide bonds. The average molecular weight is 224 g/mol. The van der Waals surface area contributed by atoms with E-state index >= 15 is 0 Å². The normalized spacial score (nSPS) is 9.94. The fraction of sp³-hybridized carbons (Fsp3) is 0.0667. The van der Waals surface area contributed by atoms with Crippen LogP contribution in [0.15, 0.2) is 48.5 Å². The molecule has 0 saturated carbocycles. The van der Waals surface area contributed by atoms with Gasteiger partial charge in [0, 0.05) is 11.1 Å². The number of benzene rings is 2. The zero-order valence-electron chi connectivity index (χ0n) is 9.51. The van der Waals surface area contributed by atoms with Crippen LogP contribution in [0.2, 0.25) is 0 Å². The zero-order chi connectivity index (χ0) is 12.3. The molecule has 0 atom stereocenters. The Kier molecular flexibility index (Phi) is 3.15. The van der Waals surface area contributed by atoms with Crippen molar-refractivity contribution in [3.05, 3.63) is 59.7 Å². The predicted molar refractivity (Wildman–Crippen MR) is 67.3 cm³/mol. The summed E-state index contributed by atoms with van der Waals surface area (Å²) in [6.07, 6.45) is 0.805. The highest BCUT2D eigenvalue weighted by Gasteiger charge is 2.08. The fourth-order valence-electron chi connectivity index (χ4n) is 1.82. The Bertz CT molecular complexity index is 571. The molecule has 2 aromatic carbocycles. The van der Waals surface area contributed by atoms with Gasteiger partial charge in [-0.3, -0.25) is 9.59 Å². The highest BCUT2D eigenvalue weighted by molar-refractivity contribution is 6.01. The van der Waals surface area contributed by atoms with Gasteiger partial charge in [0.25, 0.3) is 0 Å². The van der Waals surface area contributed by atoms with Crippen molar-refractivity contribution in [2.75, 3.05) is 0 Å². The van der Waals surface area contributed by atoms with Gasteiger partial charge in [-0.1, -0.05) is 42.5 Å². The van der Waals surface area contributed by atoms with Crippen LogP contribution in [0.4, 0.5) is 0 Å². The lowest BCUT2D eigenvalue weighted by molar-refractivity contribution is 0.101. The minimum Gasteiger partial charge on any atom is -0.298 e. The van der Waals surface area contributed by atoms with Crippen molar-refractivity contribution < 1.29 is 9.59 Å². The third-order valence-corrected chi connectivity index (χ3v) is 2.64. The molecule has 0 N–H and O–H groups in total. The molecule has 0 aliphatic rings. The molecule has 0 aliphatic heterocycles. The molecule has 0 radical (unpaired) electrons. The minimum atomic E-state index is 0.0251. The Morgan fingerprint density at radius 1 is 1.06 bits per heavy atom. The van der Waals surface area contributed by atoms with Crippen molar-refractivity contribution in [2.45, 2.75) is 6.92 Å². The molecule has 2 aromatic rings. The van der Waals surface area contributed by atoms with Crippen molar-refractivity contribution in [1.82, 2.24) is 0 Å². The Labute approximate surface area is 99.9 Å². The quantitative estimate of drug-likeness (QED) is 0.591. The first kappa shape index (κ1) is 11.3. The van der Waals surface area contributed by atoms with Gasteiger partial charge >= 0.3 is 0 Å². The number of Topliss-reactive ketones (excluding diaryl/α,β-unsaturated/α-hetero) is 1. The summed E-state index contributed by atoms with van der Waals surface area (Å²) in [5.41, 5.74) is 3.04. The molecule has 0 spiro atoms. The molecule has 0 aromatic heterocycles. The first-order chi connectivity index (χ1) is 8.22. The number of hydrogen-bond acceptors (Lipinski definition) is 2. The van der Waals surface area contributed by atoms with Gasteiger partial charge in [-0.05, 0) is 24.1 Å². The molecular formula is C15H12O2. The van der Waals surface area contributed by atoms with Crippen LogP contribution in [0.25, 0.3) is 11.1 Å². The summed E-state index contributed by atoms with van der Waals surface area (Å²) < 4.78 is 0. The summed E-state index contributed by atoms with van der Waals surface area (Å²) in [7, 11) is 0. The molecule has 2 heteroatoms. The van der Waals surface area contributed by atoms with E-state index in [9.17, 15) is 9.59 Å². The van der Waals surface area contributed by atoms with E-state index < -0.39 is 0 Å². The van der Waals surface area contributed by atoms with Crippen LogP contribution in [0, 0.1) is 0 Å². The van der Waals surface area contributed by atoms with E-state index in [0.29, 0.717) is 11.1 Å². The lowest BCUT2D eigenvalue weighted by Crippen LogP contribution is -1.95. The van der Waals surface area contributed by atoms with Crippen LogP contribution in [0.1, 0.15) is 27.6 Å². The largest absolute Gasteiger partial charge is 0.298 e. The summed E-state index contributed by atoms with van der Waals surface area (Å²) in [5.74, 6) is 0.0251. The Morgan fingerprint density at radius 2 is 1.82 bits per heavy atom. The van der Waals surface area contributed by atoms with E-state index in [2.05, 4.69) is 0 Å². The molecule has 84 valence electrons. The number of hydrogen-bond donors (Lipinski definition) is 0. The molecular weight excluding hydrogens is 212 g/mol. The first-order valence-corrected chi connectivity index (χ1v) is 5.38. The topological polar surface area (TPSA) is 34.1 Å². The molecule has 0 unspecified atom stereocenters. The SMILES string of the molecule is CC(=O)c1ccccc1-c1cccc(C=O)c1. The van der Waals surface area contributed by atoms with Crippen molar-refractivity contribution in [3.63, 3.8) is 0 Å². The Morgan fingerprint density at radius 3 is 2.53 bits per heavy atom. The van der Waals surface area contributed by atoms with Crippen molar-refractivity contribution in [1.29, 1.82) is 0 Å². The van der Waals surface area contributed by atoms with Crippen LogP contribution in [0.3, 0.4) is 0 Å². The van der Waals surface area contributed by atoms with Gasteiger partial charge in [0.1, 0.15) is 6.29 Å². The Balaban J connectivity index is 2.59. The maximum absolute atomic E-state index is 11.5. The van der Waals surface area contributed by atoms with Gasteiger partial charge in [0.05, 0.1) is 0 Å². The predicted octanol–water partition coefficient (Wildman–Crippen LogP) is 3.37. The molecule has 2 nitrogen and oxygen atoms in total. The van der Waals surface area contributed by atoms with Crippen LogP contribution in [-0.4, -0.2) is 12.1 Å². The molecule has 17 heavy (non-hydrogen) atoms. The highest BCUT2D eigenvalue weighted by atomic mass is 16.1. The highest BCUT2D eigenvalue weighted by Crippen LogP contribution is 2.24. The average Bonchev–Trinajstić information content (AvgIpc) is 2.39. The maximum atomic E-state index is 11.5. The van der Waals surface area contributed by atoms with Crippen molar-refractivity contribution in [3.8, 4) is 11.1 Å². The van der Waals surface area contributed by atoms with Crippen molar-refractivity contribution in [2.24, 2.45) is 0 Å². The van der Waals surface area contributed by atoms with Crippen LogP contribution in [0.5, 0.6) is 0 Å². The second-order valence-corrected chi connectivity index (χ2v) is 3.85. The van der Waals surface area contributed by atoms with Gasteiger partial charge in [0.15, 0.2) is 5.78 Å². The molecule has 0 saturated heterocycles. The third-order valence-electron chi connectivity index (χ3n) is 2.64. The molecule has 0 bridgehead atoms. The van der Waals surface area contributed by atoms with Crippen LogP contribution < -0.4 is 0 Å². The van der Waals surface area contributed by atoms with E-state index in [1.807, 2.05) is 30.3 Å². The fourth-order valence-corrected chi connectivity index (χ4v) is 1.82. The summed E-state index contributed by atoms with van der Waals surface area (Å²) in [6.45, 7) is 1.54. The van der Waals surface area contributed by atoms with E-state index in [0.717, 1.165) is 17.4 Å². The molecule has 2 rings (SSSR count). The minimum absolute atomic E-state index is 0.0251. The standard InChI is InChI=1S/C15H12O2/c1-11(17)14-7-2-3-8-15(14)13-6-4-5-12(9-13)10-16/h2-10H,1H3. The zero-order valence-corrected chi connectivity index (χ0v) is 9.51. The number of aldehydes is 1. The summed E-state index contributed by atoms with van der Waals surface area (Å²) >= 11 is 0. The maximum Gasteiger partial charge on any atom is 0.160 e. The summed E-state index contributed by atoms with van der Waals surface area (Å²) in [5, 5.41) is 0. The lowest BCUT2D eigenvalue weighted by Gasteiger charge is -2.07. The molecule has 0 aliphatic carbocycles. The van der Waals surface area contributed by atoms with Crippen molar-refractivity contribution >= 4 is 12.1 Å². The monoisotopic (exact) mass is 224 g/mol. The van der Waals surface area contributed by atoms with Crippen LogP contribution >= 0.6 is 0 Å². The number of carbonyl (C=O) groups is 2. The molecule has 0 heterocycles. The lowest BCUT2D eigenvalue weighted by atomic mass is 9.96. The first-order valence-electron chi connectivity index (χ1n) is 5.38. The number of carbonyl (C=O) groups excluding carboxylic acids is 2. The third kappa shape index (κ3) is 2.31. The second-order valence-electron chi connectivity index (χ2n) is 3.85. The second kappa shape index (κ2) is 4.74. The van der Waals surface area contributed by atoms with Gasteiger partial charge < -0.3 is 0 Å². The number of ketones is 1. The van der Waals surface area contributed by atoms with Gasteiger partial charge in [-0.15, -0.1) is 0 Å². The summed E-state index contributed by atoms with van der Waals surface area (Å²) in [6, 6.07) is 14.7. The molecule has 0 fully saturated rings. The van der Waals surface area contributed by atoms with Gasteiger partial charge in [0.2, 0.25) is 0 Å². The van der Waals surface area contributed by atoms with Crippen LogP contribution in [-0.2, 0) is 0 Å². The van der Waals surface area contributed by atoms with E-state index in [4.69, 9.17) is 0 Å². The van der Waals surface area contributed by atoms with Gasteiger partial charge in [-0.25, -0.2) is 0 Å². The van der Waals surface area contributed by atoms with E-state index in [-0.39, 0.29) is 5.78 Å². The van der Waals surface area contributed by atoms with Gasteiger partial charge in [-0.2, -0.15) is 0 Å². The number of rotatable bonds is 3. The van der Waals surface area contributed by atoms with E-state index in [1.165, 1.54) is 0 Å².